The molecule has 0 radical (unpaired) electrons. The van der Waals surface area contributed by atoms with E-state index in [4.69, 9.17) is 5.11 Å². The molecule has 0 spiro atoms. The van der Waals surface area contributed by atoms with Crippen LogP contribution in [0, 0.1) is 5.92 Å². The average molecular weight is 240 g/mol. The summed E-state index contributed by atoms with van der Waals surface area (Å²) in [6, 6.07) is -0.0278. The van der Waals surface area contributed by atoms with Crippen molar-refractivity contribution in [1.29, 1.82) is 0 Å². The van der Waals surface area contributed by atoms with Gasteiger partial charge in [-0.25, -0.2) is 0 Å². The van der Waals surface area contributed by atoms with E-state index in [1.54, 1.807) is 0 Å². The third-order valence-electron chi connectivity index (χ3n) is 3.75. The number of carbonyl (C=O) groups excluding carboxylic acids is 1. The maximum Gasteiger partial charge on any atom is 0.306 e. The van der Waals surface area contributed by atoms with Gasteiger partial charge in [0.15, 0.2) is 0 Å². The van der Waals surface area contributed by atoms with Crippen molar-refractivity contribution in [2.75, 3.05) is 6.54 Å². The molecule has 17 heavy (non-hydrogen) atoms. The summed E-state index contributed by atoms with van der Waals surface area (Å²) >= 11 is 0. The van der Waals surface area contributed by atoms with E-state index < -0.39 is 5.97 Å². The normalized spacial score (nSPS) is 33.3. The van der Waals surface area contributed by atoms with E-state index in [1.807, 2.05) is 0 Å². The van der Waals surface area contributed by atoms with Gasteiger partial charge in [-0.15, -0.1) is 0 Å². The number of hydrogen-bond acceptors (Lipinski definition) is 3. The molecule has 96 valence electrons. The number of nitrogens with one attached hydrogen (secondary N) is 2. The first-order chi connectivity index (χ1) is 8.16. The van der Waals surface area contributed by atoms with Gasteiger partial charge in [0.05, 0.1) is 12.0 Å². The quantitative estimate of drug-likeness (QED) is 0.671. The van der Waals surface area contributed by atoms with Crippen LogP contribution in [-0.2, 0) is 9.59 Å². The molecule has 0 aromatic rings. The molecule has 0 aromatic carbocycles. The van der Waals surface area contributed by atoms with Gasteiger partial charge in [-0.3, -0.25) is 9.59 Å². The monoisotopic (exact) mass is 240 g/mol. The van der Waals surface area contributed by atoms with Crippen molar-refractivity contribution in [3.05, 3.63) is 0 Å². The van der Waals surface area contributed by atoms with Crippen LogP contribution in [0.5, 0.6) is 0 Å². The molecule has 2 fully saturated rings. The predicted octanol–water partition coefficient (Wildman–Crippen LogP) is 0.498. The van der Waals surface area contributed by atoms with Crippen molar-refractivity contribution in [3.63, 3.8) is 0 Å². The Balaban J connectivity index is 1.81. The molecule has 2 rings (SSSR count). The molecule has 5 heteroatoms. The van der Waals surface area contributed by atoms with Gasteiger partial charge in [-0.1, -0.05) is 6.42 Å². The lowest BCUT2D eigenvalue weighted by molar-refractivity contribution is -0.143. The number of carbonyl (C=O) groups is 2. The smallest absolute Gasteiger partial charge is 0.306 e. The number of hydrogen-bond donors (Lipinski definition) is 3. The largest absolute Gasteiger partial charge is 0.481 e. The Labute approximate surface area is 101 Å². The van der Waals surface area contributed by atoms with Gasteiger partial charge in [0, 0.05) is 6.04 Å². The van der Waals surface area contributed by atoms with E-state index in [2.05, 4.69) is 10.6 Å². The molecule has 1 saturated heterocycles. The third-order valence-corrected chi connectivity index (χ3v) is 3.75. The zero-order valence-corrected chi connectivity index (χ0v) is 9.95. The van der Waals surface area contributed by atoms with Crippen LogP contribution in [0.1, 0.15) is 38.5 Å². The Morgan fingerprint density at radius 2 is 2.00 bits per heavy atom. The topological polar surface area (TPSA) is 78.4 Å². The predicted molar refractivity (Wildman–Crippen MR) is 62.5 cm³/mol. The van der Waals surface area contributed by atoms with Crippen molar-refractivity contribution in [1.82, 2.24) is 10.6 Å². The first-order valence-electron chi connectivity index (χ1n) is 6.43. The molecule has 1 aliphatic carbocycles. The highest BCUT2D eigenvalue weighted by Gasteiger charge is 2.30. The molecule has 3 atom stereocenters. The van der Waals surface area contributed by atoms with Crippen LogP contribution < -0.4 is 10.6 Å². The van der Waals surface area contributed by atoms with Gasteiger partial charge in [0.2, 0.25) is 5.91 Å². The lowest BCUT2D eigenvalue weighted by Crippen LogP contribution is -2.47. The highest BCUT2D eigenvalue weighted by molar-refractivity contribution is 5.82. The first-order valence-corrected chi connectivity index (χ1v) is 6.43. The van der Waals surface area contributed by atoms with Gasteiger partial charge in [0.25, 0.3) is 0 Å². The Bertz CT molecular complexity index is 300. The second kappa shape index (κ2) is 5.49. The van der Waals surface area contributed by atoms with E-state index in [-0.39, 0.29) is 23.9 Å². The van der Waals surface area contributed by atoms with Gasteiger partial charge in [-0.05, 0) is 38.6 Å². The fraction of sp³-hybridized carbons (Fsp3) is 0.833. The summed E-state index contributed by atoms with van der Waals surface area (Å²) in [6.45, 7) is 0.903. The molecular formula is C12H20N2O3. The van der Waals surface area contributed by atoms with E-state index in [1.165, 1.54) is 0 Å². The van der Waals surface area contributed by atoms with Gasteiger partial charge >= 0.3 is 5.97 Å². The zero-order chi connectivity index (χ0) is 12.3. The first kappa shape index (κ1) is 12.4. The second-order valence-electron chi connectivity index (χ2n) is 5.06. The van der Waals surface area contributed by atoms with E-state index >= 15 is 0 Å². The molecule has 1 saturated carbocycles. The van der Waals surface area contributed by atoms with Gasteiger partial charge in [0.1, 0.15) is 0 Å². The van der Waals surface area contributed by atoms with Crippen molar-refractivity contribution in [2.45, 2.75) is 50.6 Å². The summed E-state index contributed by atoms with van der Waals surface area (Å²) in [4.78, 5) is 22.8. The summed E-state index contributed by atoms with van der Waals surface area (Å²) < 4.78 is 0. The SMILES string of the molecule is O=C(O)C1CCCC(NC(=O)[C@@H]2CCCN2)C1. The number of rotatable bonds is 3. The maximum absolute atomic E-state index is 11.9. The summed E-state index contributed by atoms with van der Waals surface area (Å²) in [5.74, 6) is -0.980. The highest BCUT2D eigenvalue weighted by Crippen LogP contribution is 2.24. The van der Waals surface area contributed by atoms with Crippen LogP contribution in [0.4, 0.5) is 0 Å². The number of carboxylic acid groups (broad SMARTS) is 1. The molecule has 3 N–H and O–H groups in total. The Kier molecular flexibility index (Phi) is 3.99. The zero-order valence-electron chi connectivity index (χ0n) is 9.95. The van der Waals surface area contributed by atoms with E-state index in [0.717, 1.165) is 38.6 Å². The van der Waals surface area contributed by atoms with E-state index in [0.29, 0.717) is 6.42 Å². The van der Waals surface area contributed by atoms with Crippen LogP contribution in [0.2, 0.25) is 0 Å². The Morgan fingerprint density at radius 3 is 2.65 bits per heavy atom. The second-order valence-corrected chi connectivity index (χ2v) is 5.06. The average Bonchev–Trinajstić information content (AvgIpc) is 2.82. The fourth-order valence-electron chi connectivity index (χ4n) is 2.76. The van der Waals surface area contributed by atoms with Crippen LogP contribution in [-0.4, -0.2) is 35.6 Å². The highest BCUT2D eigenvalue weighted by atomic mass is 16.4. The molecule has 5 nitrogen and oxygen atoms in total. The minimum Gasteiger partial charge on any atom is -0.481 e. The Hall–Kier alpha value is -1.10. The third kappa shape index (κ3) is 3.19. The molecule has 0 aromatic heterocycles. The summed E-state index contributed by atoms with van der Waals surface area (Å²) in [7, 11) is 0. The number of aliphatic carboxylic acids is 1. The molecule has 1 amide bonds. The van der Waals surface area contributed by atoms with Gasteiger partial charge < -0.3 is 15.7 Å². The van der Waals surface area contributed by atoms with E-state index in [9.17, 15) is 9.59 Å². The fourth-order valence-corrected chi connectivity index (χ4v) is 2.76. The van der Waals surface area contributed by atoms with Gasteiger partial charge in [-0.2, -0.15) is 0 Å². The lowest BCUT2D eigenvalue weighted by Gasteiger charge is -2.28. The van der Waals surface area contributed by atoms with Crippen LogP contribution in [0.3, 0.4) is 0 Å². The minimum atomic E-state index is -0.733. The molecule has 1 aliphatic heterocycles. The van der Waals surface area contributed by atoms with Crippen LogP contribution in [0.15, 0.2) is 0 Å². The Morgan fingerprint density at radius 1 is 1.18 bits per heavy atom. The maximum atomic E-state index is 11.9. The number of amides is 1. The minimum absolute atomic E-state index is 0.0403. The summed E-state index contributed by atoms with van der Waals surface area (Å²) in [5, 5.41) is 15.1. The lowest BCUT2D eigenvalue weighted by atomic mass is 9.85. The van der Waals surface area contributed by atoms with Crippen LogP contribution in [0.25, 0.3) is 0 Å². The number of carboxylic acids is 1. The summed E-state index contributed by atoms with van der Waals surface area (Å²) in [5.41, 5.74) is 0. The molecule has 0 bridgehead atoms. The standard InChI is InChI=1S/C12H20N2O3/c15-11(10-5-2-6-13-10)14-9-4-1-3-8(7-9)12(16)17/h8-10,13H,1-7H2,(H,14,15)(H,16,17)/t8?,9?,10-/m0/s1. The molecular weight excluding hydrogens is 220 g/mol. The molecule has 1 heterocycles. The van der Waals surface area contributed by atoms with Crippen molar-refractivity contribution in [2.24, 2.45) is 5.92 Å². The van der Waals surface area contributed by atoms with Crippen molar-refractivity contribution >= 4 is 11.9 Å². The molecule has 2 aliphatic rings. The summed E-state index contributed by atoms with van der Waals surface area (Å²) in [6.07, 6.45) is 5.04. The molecule has 2 unspecified atom stereocenters. The van der Waals surface area contributed by atoms with Crippen molar-refractivity contribution < 1.29 is 14.7 Å². The van der Waals surface area contributed by atoms with Crippen LogP contribution >= 0.6 is 0 Å². The van der Waals surface area contributed by atoms with Crippen molar-refractivity contribution in [3.8, 4) is 0 Å².